The van der Waals surface area contributed by atoms with Gasteiger partial charge in [-0.05, 0) is 37.6 Å². The van der Waals surface area contributed by atoms with Gasteiger partial charge in [0, 0.05) is 11.9 Å². The first-order chi connectivity index (χ1) is 11.9. The lowest BCUT2D eigenvalue weighted by molar-refractivity contribution is 0.0301. The van der Waals surface area contributed by atoms with Gasteiger partial charge in [0.2, 0.25) is 6.35 Å². The quantitative estimate of drug-likeness (QED) is 0.899. The molecule has 0 amide bonds. The predicted molar refractivity (Wildman–Crippen MR) is 84.9 cm³/mol. The number of aromatic nitrogens is 3. The van der Waals surface area contributed by atoms with Crippen LogP contribution in [-0.4, -0.2) is 27.1 Å². The van der Waals surface area contributed by atoms with Crippen molar-refractivity contribution in [3.8, 4) is 5.69 Å². The van der Waals surface area contributed by atoms with Crippen LogP contribution in [0.15, 0.2) is 41.2 Å². The Hall–Kier alpha value is -2.68. The Kier molecular flexibility index (Phi) is 4.84. The molecule has 1 atom stereocenters. The van der Waals surface area contributed by atoms with E-state index in [1.807, 2.05) is 20.0 Å². The Bertz CT molecular complexity index is 831. The second kappa shape index (κ2) is 7.06. The molecule has 1 N–H and O–H groups in total. The highest BCUT2D eigenvalue weighted by atomic mass is 19.3. The summed E-state index contributed by atoms with van der Waals surface area (Å²) >= 11 is 0. The molecule has 0 aliphatic carbocycles. The van der Waals surface area contributed by atoms with Crippen LogP contribution in [0.1, 0.15) is 31.5 Å². The Balaban J connectivity index is 1.68. The molecule has 1 unspecified atom stereocenters. The largest absolute Gasteiger partial charge is 0.347 e. The first-order valence-electron chi connectivity index (χ1n) is 7.52. The van der Waals surface area contributed by atoms with Crippen LogP contribution in [0, 0.1) is 5.82 Å². The number of alkyl halides is 2. The van der Waals surface area contributed by atoms with Crippen molar-refractivity contribution in [2.75, 3.05) is 0 Å². The topological polar surface area (TPSA) is 64.3 Å². The average Bonchev–Trinajstić information content (AvgIpc) is 3.05. The number of nitrogens with zero attached hydrogens (tertiary/aromatic N) is 4. The van der Waals surface area contributed by atoms with Crippen LogP contribution in [0.3, 0.4) is 0 Å². The van der Waals surface area contributed by atoms with Crippen LogP contribution in [0.2, 0.25) is 0 Å². The minimum atomic E-state index is -2.90. The molecule has 1 aromatic carbocycles. The molecule has 0 spiro atoms. The lowest BCUT2D eigenvalue weighted by Gasteiger charge is -2.19. The molecule has 0 saturated carbocycles. The number of benzene rings is 1. The van der Waals surface area contributed by atoms with Crippen LogP contribution in [0.25, 0.3) is 5.69 Å². The molecule has 6 nitrogen and oxygen atoms in total. The zero-order valence-electron chi connectivity index (χ0n) is 13.6. The van der Waals surface area contributed by atoms with Gasteiger partial charge in [0.05, 0.1) is 24.1 Å². The molecular formula is C16H16F3N5O. The Labute approximate surface area is 142 Å². The number of hydrogen-bond acceptors (Lipinski definition) is 5. The zero-order chi connectivity index (χ0) is 18.0. The van der Waals surface area contributed by atoms with Crippen molar-refractivity contribution in [1.82, 2.24) is 20.3 Å². The maximum atomic E-state index is 13.4. The van der Waals surface area contributed by atoms with Crippen molar-refractivity contribution in [3.63, 3.8) is 0 Å². The van der Waals surface area contributed by atoms with Crippen molar-refractivity contribution in [3.05, 3.63) is 53.2 Å². The first kappa shape index (κ1) is 17.2. The molecule has 0 radical (unpaired) electrons. The van der Waals surface area contributed by atoms with Crippen molar-refractivity contribution in [1.29, 1.82) is 0 Å². The van der Waals surface area contributed by atoms with E-state index in [4.69, 9.17) is 4.74 Å². The number of aliphatic imine (C=N–C) groups is 1. The third-order valence-corrected chi connectivity index (χ3v) is 3.73. The summed E-state index contributed by atoms with van der Waals surface area (Å²) < 4.78 is 45.8. The Morgan fingerprint density at radius 2 is 2.12 bits per heavy atom. The third-order valence-electron chi connectivity index (χ3n) is 3.73. The molecule has 2 heterocycles. The van der Waals surface area contributed by atoms with E-state index < -0.39 is 24.2 Å². The van der Waals surface area contributed by atoms with Gasteiger partial charge in [-0.1, -0.05) is 5.21 Å². The smallest absolute Gasteiger partial charge is 0.266 e. The number of hydrogen-bond donors (Lipinski definition) is 1. The Morgan fingerprint density at radius 3 is 2.84 bits per heavy atom. The fourth-order valence-electron chi connectivity index (χ4n) is 2.20. The number of allylic oxidation sites excluding steroid dienone is 1. The van der Waals surface area contributed by atoms with Gasteiger partial charge < -0.3 is 10.1 Å². The second-order valence-electron chi connectivity index (χ2n) is 5.53. The predicted octanol–water partition coefficient (Wildman–Crippen LogP) is 3.11. The normalized spacial score (nSPS) is 17.3. The highest BCUT2D eigenvalue weighted by Gasteiger charge is 2.16. The summed E-state index contributed by atoms with van der Waals surface area (Å²) in [6, 6.07) is 3.38. The van der Waals surface area contributed by atoms with E-state index in [1.54, 1.807) is 0 Å². The van der Waals surface area contributed by atoms with Crippen LogP contribution in [0.5, 0.6) is 0 Å². The molecule has 1 aliphatic rings. The molecule has 132 valence electrons. The minimum absolute atomic E-state index is 0.129. The number of rotatable bonds is 5. The maximum Gasteiger partial charge on any atom is 0.266 e. The first-order valence-corrected chi connectivity index (χ1v) is 7.52. The van der Waals surface area contributed by atoms with Gasteiger partial charge in [0.15, 0.2) is 0 Å². The summed E-state index contributed by atoms with van der Waals surface area (Å²) in [5.41, 5.74) is 2.00. The van der Waals surface area contributed by atoms with E-state index in [-0.39, 0.29) is 6.61 Å². The molecule has 3 rings (SSSR count). The highest BCUT2D eigenvalue weighted by Crippen LogP contribution is 2.24. The molecule has 1 aromatic heterocycles. The molecule has 0 saturated heterocycles. The van der Waals surface area contributed by atoms with E-state index >= 15 is 0 Å². The van der Waals surface area contributed by atoms with Gasteiger partial charge in [-0.15, -0.1) is 5.10 Å². The standard InChI is InChI=1S/C16H16F3N5O/c1-9-6-20-16(21-10(9)2)25-8-11-7-24(23-22-11)12-3-4-14(17)13(5-12)15(18)19/h3-7,15-16,20H,8H2,1-2H3. The van der Waals surface area contributed by atoms with Crippen LogP contribution in [-0.2, 0) is 11.3 Å². The summed E-state index contributed by atoms with van der Waals surface area (Å²) in [5, 5.41) is 10.8. The molecule has 25 heavy (non-hydrogen) atoms. The summed E-state index contributed by atoms with van der Waals surface area (Å²) in [6.07, 6.45) is -0.0802. The van der Waals surface area contributed by atoms with E-state index in [0.29, 0.717) is 11.4 Å². The molecule has 2 aromatic rings. The van der Waals surface area contributed by atoms with Crippen LogP contribution in [0.4, 0.5) is 13.2 Å². The average molecular weight is 351 g/mol. The number of halogens is 3. The summed E-state index contributed by atoms with van der Waals surface area (Å²) in [6.45, 7) is 3.95. The molecule has 0 fully saturated rings. The van der Waals surface area contributed by atoms with Gasteiger partial charge in [0.1, 0.15) is 11.5 Å². The van der Waals surface area contributed by atoms with Crippen molar-refractivity contribution in [2.24, 2.45) is 4.99 Å². The third kappa shape index (κ3) is 3.87. The summed E-state index contributed by atoms with van der Waals surface area (Å²) in [4.78, 5) is 4.32. The fourth-order valence-corrected chi connectivity index (χ4v) is 2.20. The molecule has 0 bridgehead atoms. The van der Waals surface area contributed by atoms with Crippen molar-refractivity contribution >= 4 is 5.71 Å². The van der Waals surface area contributed by atoms with Gasteiger partial charge in [-0.3, -0.25) is 0 Å². The van der Waals surface area contributed by atoms with Gasteiger partial charge >= 0.3 is 0 Å². The van der Waals surface area contributed by atoms with E-state index in [9.17, 15) is 13.2 Å². The zero-order valence-corrected chi connectivity index (χ0v) is 13.6. The highest BCUT2D eigenvalue weighted by molar-refractivity contribution is 5.98. The lowest BCUT2D eigenvalue weighted by Crippen LogP contribution is -2.30. The summed E-state index contributed by atoms with van der Waals surface area (Å²) in [5.74, 6) is -0.956. The maximum absolute atomic E-state index is 13.4. The van der Waals surface area contributed by atoms with Gasteiger partial charge in [-0.2, -0.15) is 0 Å². The molecule has 9 heteroatoms. The van der Waals surface area contributed by atoms with Crippen molar-refractivity contribution in [2.45, 2.75) is 33.2 Å². The molecular weight excluding hydrogens is 335 g/mol. The van der Waals surface area contributed by atoms with E-state index in [1.165, 1.54) is 16.9 Å². The fraction of sp³-hybridized carbons (Fsp3) is 0.312. The second-order valence-corrected chi connectivity index (χ2v) is 5.53. The number of nitrogens with one attached hydrogen (secondary N) is 1. The van der Waals surface area contributed by atoms with Gasteiger partial charge in [-0.25, -0.2) is 22.8 Å². The molecule has 1 aliphatic heterocycles. The monoisotopic (exact) mass is 351 g/mol. The van der Waals surface area contributed by atoms with E-state index in [0.717, 1.165) is 23.4 Å². The number of ether oxygens (including phenoxy) is 1. The van der Waals surface area contributed by atoms with Crippen molar-refractivity contribution < 1.29 is 17.9 Å². The summed E-state index contributed by atoms with van der Waals surface area (Å²) in [7, 11) is 0. The lowest BCUT2D eigenvalue weighted by atomic mass is 10.2. The SMILES string of the molecule is CC1=CNC(OCc2cn(-c3ccc(F)c(C(F)F)c3)nn2)N=C1C. The Morgan fingerprint density at radius 1 is 1.32 bits per heavy atom. The van der Waals surface area contributed by atoms with Crippen LogP contribution < -0.4 is 5.32 Å². The van der Waals surface area contributed by atoms with Gasteiger partial charge in [0.25, 0.3) is 6.43 Å². The minimum Gasteiger partial charge on any atom is -0.347 e. The van der Waals surface area contributed by atoms with Crippen LogP contribution >= 0.6 is 0 Å². The van der Waals surface area contributed by atoms with E-state index in [2.05, 4.69) is 20.6 Å².